The second-order valence-corrected chi connectivity index (χ2v) is 10.4. The second-order valence-electron chi connectivity index (χ2n) is 10.4. The average Bonchev–Trinajstić information content (AvgIpc) is 2.70. The molecule has 0 aromatic carbocycles. The van der Waals surface area contributed by atoms with E-state index < -0.39 is 5.97 Å². The van der Waals surface area contributed by atoms with Gasteiger partial charge in [0.2, 0.25) is 0 Å². The molecule has 4 nitrogen and oxygen atoms in total. The first-order chi connectivity index (χ1) is 14.9. The van der Waals surface area contributed by atoms with Gasteiger partial charge in [-0.1, -0.05) is 110 Å². The van der Waals surface area contributed by atoms with E-state index in [0.717, 1.165) is 43.3 Å². The van der Waals surface area contributed by atoms with Crippen LogP contribution in [0.5, 0.6) is 0 Å². The lowest BCUT2D eigenvalue weighted by Crippen LogP contribution is -2.46. The highest BCUT2D eigenvalue weighted by Crippen LogP contribution is 2.15. The third-order valence-corrected chi connectivity index (χ3v) is 6.50. The van der Waals surface area contributed by atoms with Crippen LogP contribution >= 0.6 is 0 Å². The molecule has 0 saturated carbocycles. The van der Waals surface area contributed by atoms with Crippen molar-refractivity contribution in [3.63, 3.8) is 0 Å². The molecule has 0 rings (SSSR count). The molecule has 0 spiro atoms. The van der Waals surface area contributed by atoms with E-state index in [1.54, 1.807) is 0 Å². The maximum absolute atomic E-state index is 10.6. The Balaban J connectivity index is 3.38. The quantitative estimate of drug-likeness (QED) is 0.121. The number of carbonyl (C=O) groups is 1. The van der Waals surface area contributed by atoms with Crippen molar-refractivity contribution in [2.45, 2.75) is 141 Å². The van der Waals surface area contributed by atoms with Gasteiger partial charge in [-0.25, -0.2) is 0 Å². The fraction of sp³-hybridized carbons (Fsp3) is 0.963. The van der Waals surface area contributed by atoms with Crippen LogP contribution in [0.1, 0.15) is 135 Å². The van der Waals surface area contributed by atoms with Crippen molar-refractivity contribution in [2.24, 2.45) is 0 Å². The summed E-state index contributed by atoms with van der Waals surface area (Å²) in [6, 6.07) is 0. The number of likely N-dealkylation sites (N-methyl/N-ethyl adjacent to an activating group) is 1. The predicted molar refractivity (Wildman–Crippen MR) is 133 cm³/mol. The molecule has 1 unspecified atom stereocenters. The van der Waals surface area contributed by atoms with Gasteiger partial charge in [-0.2, -0.15) is 0 Å². The Morgan fingerprint density at radius 1 is 0.677 bits per heavy atom. The summed E-state index contributed by atoms with van der Waals surface area (Å²) < 4.78 is 0.777. The van der Waals surface area contributed by atoms with Crippen LogP contribution < -0.4 is 0 Å². The number of aliphatic hydroxyl groups excluding tert-OH is 1. The normalized spacial score (nSPS) is 12.9. The van der Waals surface area contributed by atoms with Gasteiger partial charge in [0.25, 0.3) is 0 Å². The lowest BCUT2D eigenvalue weighted by molar-refractivity contribution is -0.893. The fourth-order valence-corrected chi connectivity index (χ4v) is 4.50. The first-order valence-electron chi connectivity index (χ1n) is 13.6. The van der Waals surface area contributed by atoms with E-state index in [4.69, 9.17) is 5.11 Å². The summed E-state index contributed by atoms with van der Waals surface area (Å²) in [5.41, 5.74) is 0. The summed E-state index contributed by atoms with van der Waals surface area (Å²) in [5.74, 6) is -0.714. The monoisotopic (exact) mass is 442 g/mol. The van der Waals surface area contributed by atoms with E-state index in [2.05, 4.69) is 21.0 Å². The molecule has 0 radical (unpaired) electrons. The molecule has 0 aromatic heterocycles. The third-order valence-electron chi connectivity index (χ3n) is 6.50. The number of aliphatic hydroxyl groups is 1. The maximum Gasteiger partial charge on any atom is 0.303 e. The second kappa shape index (κ2) is 21.2. The van der Waals surface area contributed by atoms with Gasteiger partial charge in [0.1, 0.15) is 12.6 Å². The highest BCUT2D eigenvalue weighted by atomic mass is 16.4. The fourth-order valence-electron chi connectivity index (χ4n) is 4.50. The van der Waals surface area contributed by atoms with Crippen LogP contribution in [0.4, 0.5) is 0 Å². The number of carboxylic acids is 1. The predicted octanol–water partition coefficient (Wildman–Crippen LogP) is 7.33. The Morgan fingerprint density at radius 3 is 1.52 bits per heavy atom. The van der Waals surface area contributed by atoms with Crippen molar-refractivity contribution in [3.05, 3.63) is 0 Å². The molecule has 4 heteroatoms. The first-order valence-corrected chi connectivity index (χ1v) is 13.6. The SMILES string of the molecule is CCCCCCCCCCCCCCCCCCC(O)C[N+](C)(C)CCCCC(=O)O. The van der Waals surface area contributed by atoms with Crippen molar-refractivity contribution >= 4 is 5.97 Å². The minimum Gasteiger partial charge on any atom is -0.481 e. The standard InChI is InChI=1S/C27H55NO3/c1-4-5-6-7-8-9-10-11-12-13-14-15-16-17-18-19-22-26(29)25-28(2,3)24-21-20-23-27(30)31/h26,29H,4-25H2,1-3H3/p+1. The Morgan fingerprint density at radius 2 is 1.10 bits per heavy atom. The van der Waals surface area contributed by atoms with E-state index >= 15 is 0 Å². The summed E-state index contributed by atoms with van der Waals surface area (Å²) in [7, 11) is 4.27. The van der Waals surface area contributed by atoms with E-state index in [1.165, 1.54) is 96.3 Å². The molecule has 0 heterocycles. The molecule has 0 aliphatic heterocycles. The molecule has 0 aromatic rings. The van der Waals surface area contributed by atoms with Crippen LogP contribution in [0.2, 0.25) is 0 Å². The van der Waals surface area contributed by atoms with E-state index in [0.29, 0.717) is 0 Å². The largest absolute Gasteiger partial charge is 0.481 e. The van der Waals surface area contributed by atoms with Crippen molar-refractivity contribution < 1.29 is 19.5 Å². The van der Waals surface area contributed by atoms with Gasteiger partial charge in [0, 0.05) is 6.42 Å². The van der Waals surface area contributed by atoms with Crippen molar-refractivity contribution in [1.29, 1.82) is 0 Å². The van der Waals surface area contributed by atoms with Gasteiger partial charge in [0.05, 0.1) is 20.6 Å². The summed E-state index contributed by atoms with van der Waals surface area (Å²) in [4.78, 5) is 10.6. The third kappa shape index (κ3) is 23.9. The lowest BCUT2D eigenvalue weighted by Gasteiger charge is -2.32. The molecule has 0 fully saturated rings. The zero-order valence-corrected chi connectivity index (χ0v) is 21.4. The number of quaternary nitrogens is 1. The average molecular weight is 443 g/mol. The Labute approximate surface area is 194 Å². The van der Waals surface area contributed by atoms with Gasteiger partial charge in [-0.05, 0) is 19.3 Å². The highest BCUT2D eigenvalue weighted by molar-refractivity contribution is 5.66. The minimum absolute atomic E-state index is 0.235. The number of carboxylic acid groups (broad SMARTS) is 1. The molecule has 0 amide bonds. The summed E-state index contributed by atoms with van der Waals surface area (Å²) in [6.07, 6.45) is 24.5. The van der Waals surface area contributed by atoms with Crippen molar-refractivity contribution in [2.75, 3.05) is 27.2 Å². The smallest absolute Gasteiger partial charge is 0.303 e. The molecule has 2 N–H and O–H groups in total. The van der Waals surface area contributed by atoms with Gasteiger partial charge in [-0.15, -0.1) is 0 Å². The number of hydrogen-bond acceptors (Lipinski definition) is 2. The van der Waals surface area contributed by atoms with Crippen LogP contribution in [-0.2, 0) is 4.79 Å². The Hall–Kier alpha value is -0.610. The van der Waals surface area contributed by atoms with Crippen LogP contribution in [0.3, 0.4) is 0 Å². The number of nitrogens with zero attached hydrogens (tertiary/aromatic N) is 1. The molecule has 0 bridgehead atoms. The Kier molecular flexibility index (Phi) is 20.8. The molecule has 186 valence electrons. The zero-order valence-electron chi connectivity index (χ0n) is 21.4. The number of hydrogen-bond donors (Lipinski definition) is 2. The number of unbranched alkanes of at least 4 members (excludes halogenated alkanes) is 16. The van der Waals surface area contributed by atoms with Crippen LogP contribution in [0.15, 0.2) is 0 Å². The summed E-state index contributed by atoms with van der Waals surface area (Å²) >= 11 is 0. The van der Waals surface area contributed by atoms with E-state index in [-0.39, 0.29) is 12.5 Å². The first kappa shape index (κ1) is 30.4. The molecule has 31 heavy (non-hydrogen) atoms. The Bertz CT molecular complexity index is 398. The maximum atomic E-state index is 10.6. The number of aliphatic carboxylic acids is 1. The van der Waals surface area contributed by atoms with E-state index in [9.17, 15) is 9.90 Å². The molecular weight excluding hydrogens is 386 g/mol. The topological polar surface area (TPSA) is 57.5 Å². The molecule has 1 atom stereocenters. The van der Waals surface area contributed by atoms with Gasteiger partial charge in [-0.3, -0.25) is 4.79 Å². The summed E-state index contributed by atoms with van der Waals surface area (Å²) in [5, 5.41) is 19.0. The van der Waals surface area contributed by atoms with Crippen LogP contribution in [0, 0.1) is 0 Å². The van der Waals surface area contributed by atoms with Crippen molar-refractivity contribution in [1.82, 2.24) is 0 Å². The van der Waals surface area contributed by atoms with E-state index in [1.807, 2.05) is 0 Å². The van der Waals surface area contributed by atoms with Crippen LogP contribution in [0.25, 0.3) is 0 Å². The highest BCUT2D eigenvalue weighted by Gasteiger charge is 2.20. The minimum atomic E-state index is -0.714. The molecule has 0 saturated heterocycles. The van der Waals surface area contributed by atoms with Gasteiger partial charge >= 0.3 is 5.97 Å². The van der Waals surface area contributed by atoms with Gasteiger partial charge < -0.3 is 14.7 Å². The van der Waals surface area contributed by atoms with Gasteiger partial charge in [0.15, 0.2) is 0 Å². The van der Waals surface area contributed by atoms with Crippen LogP contribution in [-0.4, -0.2) is 54.0 Å². The zero-order chi connectivity index (χ0) is 23.2. The number of rotatable bonds is 24. The molecule has 0 aliphatic carbocycles. The van der Waals surface area contributed by atoms with Crippen molar-refractivity contribution in [3.8, 4) is 0 Å². The summed E-state index contributed by atoms with van der Waals surface area (Å²) in [6.45, 7) is 3.98. The lowest BCUT2D eigenvalue weighted by atomic mass is 10.0. The molecular formula is C27H56NO3+. The molecule has 0 aliphatic rings.